The van der Waals surface area contributed by atoms with E-state index >= 15 is 0 Å². The maximum Gasteiger partial charge on any atom is 0.0115 e. The number of hydrogen-bond acceptors (Lipinski definition) is 3. The minimum absolute atomic E-state index is 0.668. The summed E-state index contributed by atoms with van der Waals surface area (Å²) in [5, 5.41) is 3.74. The Morgan fingerprint density at radius 3 is 2.37 bits per heavy atom. The average molecular weight is 267 g/mol. The highest BCUT2D eigenvalue weighted by atomic mass is 15.3. The summed E-state index contributed by atoms with van der Waals surface area (Å²) in [6.07, 6.45) is 6.87. The predicted octanol–water partition coefficient (Wildman–Crippen LogP) is 2.32. The van der Waals surface area contributed by atoms with Crippen LogP contribution in [-0.4, -0.2) is 60.6 Å². The first-order valence-corrected chi connectivity index (χ1v) is 8.31. The summed E-state index contributed by atoms with van der Waals surface area (Å²) in [5.74, 6) is 0. The van der Waals surface area contributed by atoms with Gasteiger partial charge in [-0.3, -0.25) is 4.90 Å². The van der Waals surface area contributed by atoms with Crippen LogP contribution in [0.15, 0.2) is 0 Å². The van der Waals surface area contributed by atoms with Crippen molar-refractivity contribution in [2.75, 3.05) is 26.7 Å². The number of nitrogens with zero attached hydrogens (tertiary/aromatic N) is 2. The van der Waals surface area contributed by atoms with Gasteiger partial charge in [0.25, 0.3) is 0 Å². The molecule has 0 aromatic rings. The molecule has 3 nitrogen and oxygen atoms in total. The summed E-state index contributed by atoms with van der Waals surface area (Å²) in [4.78, 5) is 5.28. The number of nitrogens with one attached hydrogen (secondary N) is 1. The Bertz CT molecular complexity index is 253. The molecule has 2 fully saturated rings. The van der Waals surface area contributed by atoms with E-state index in [4.69, 9.17) is 0 Å². The van der Waals surface area contributed by atoms with Gasteiger partial charge in [0.1, 0.15) is 0 Å². The van der Waals surface area contributed by atoms with Gasteiger partial charge in [-0.25, -0.2) is 0 Å². The van der Waals surface area contributed by atoms with E-state index in [1.54, 1.807) is 0 Å². The number of piperidine rings is 1. The number of likely N-dealkylation sites (N-methyl/N-ethyl adjacent to an activating group) is 1. The van der Waals surface area contributed by atoms with Crippen LogP contribution >= 0.6 is 0 Å². The highest BCUT2D eigenvalue weighted by Crippen LogP contribution is 2.35. The smallest absolute Gasteiger partial charge is 0.0115 e. The van der Waals surface area contributed by atoms with Crippen LogP contribution in [0.3, 0.4) is 0 Å². The van der Waals surface area contributed by atoms with Gasteiger partial charge in [0.15, 0.2) is 0 Å². The molecule has 3 heteroatoms. The van der Waals surface area contributed by atoms with Gasteiger partial charge >= 0.3 is 0 Å². The summed E-state index contributed by atoms with van der Waals surface area (Å²) in [6, 6.07) is 3.17. The number of rotatable bonds is 7. The lowest BCUT2D eigenvalue weighted by Gasteiger charge is -2.40. The summed E-state index contributed by atoms with van der Waals surface area (Å²) >= 11 is 0. The Labute approximate surface area is 119 Å². The van der Waals surface area contributed by atoms with E-state index in [9.17, 15) is 0 Å². The molecule has 0 aromatic carbocycles. The predicted molar refractivity (Wildman–Crippen MR) is 82.6 cm³/mol. The molecular formula is C16H33N3. The second-order valence-corrected chi connectivity index (χ2v) is 6.82. The van der Waals surface area contributed by atoms with Crippen LogP contribution in [0.4, 0.5) is 0 Å². The Balaban J connectivity index is 1.79. The fourth-order valence-corrected chi connectivity index (χ4v) is 3.69. The Morgan fingerprint density at radius 2 is 1.84 bits per heavy atom. The third-order valence-electron chi connectivity index (χ3n) is 5.16. The van der Waals surface area contributed by atoms with Crippen LogP contribution in [-0.2, 0) is 0 Å². The van der Waals surface area contributed by atoms with Crippen molar-refractivity contribution in [1.82, 2.24) is 15.1 Å². The van der Waals surface area contributed by atoms with Crippen molar-refractivity contribution in [1.29, 1.82) is 0 Å². The lowest BCUT2D eigenvalue weighted by atomic mass is 9.97. The average Bonchev–Trinajstić information content (AvgIpc) is 2.63. The molecular weight excluding hydrogens is 234 g/mol. The first-order valence-electron chi connectivity index (χ1n) is 8.31. The zero-order valence-corrected chi connectivity index (χ0v) is 13.4. The van der Waals surface area contributed by atoms with Gasteiger partial charge in [-0.15, -0.1) is 0 Å². The Kier molecular flexibility index (Phi) is 5.67. The van der Waals surface area contributed by atoms with E-state index in [1.165, 1.54) is 51.7 Å². The molecule has 2 atom stereocenters. The minimum atomic E-state index is 0.668. The van der Waals surface area contributed by atoms with Crippen LogP contribution in [0.2, 0.25) is 0 Å². The van der Waals surface area contributed by atoms with Gasteiger partial charge in [-0.05, 0) is 59.5 Å². The van der Waals surface area contributed by atoms with Gasteiger partial charge in [-0.1, -0.05) is 6.92 Å². The van der Waals surface area contributed by atoms with E-state index in [-0.39, 0.29) is 0 Å². The summed E-state index contributed by atoms with van der Waals surface area (Å²) in [6.45, 7) is 10.5. The maximum atomic E-state index is 3.74. The molecule has 2 aliphatic rings. The second kappa shape index (κ2) is 7.05. The van der Waals surface area contributed by atoms with Crippen LogP contribution in [0.1, 0.15) is 52.9 Å². The molecule has 2 aliphatic heterocycles. The standard InChI is InChI=1S/C16H33N3/c1-5-8-17-14-11-15-6-7-16(12-14)19(15)10-9-18(4)13(2)3/h13-17H,5-12H2,1-4H3. The molecule has 2 rings (SSSR count). The molecule has 2 bridgehead atoms. The molecule has 19 heavy (non-hydrogen) atoms. The molecule has 0 amide bonds. The molecule has 0 aliphatic carbocycles. The van der Waals surface area contributed by atoms with Crippen molar-refractivity contribution in [3.05, 3.63) is 0 Å². The van der Waals surface area contributed by atoms with Crippen molar-refractivity contribution in [2.45, 2.75) is 77.0 Å². The fraction of sp³-hybridized carbons (Fsp3) is 1.00. The quantitative estimate of drug-likeness (QED) is 0.764. The lowest BCUT2D eigenvalue weighted by Crippen LogP contribution is -2.51. The van der Waals surface area contributed by atoms with Crippen LogP contribution in [0, 0.1) is 0 Å². The van der Waals surface area contributed by atoms with Crippen LogP contribution in [0.5, 0.6) is 0 Å². The monoisotopic (exact) mass is 267 g/mol. The number of fused-ring (bicyclic) bond motifs is 2. The minimum Gasteiger partial charge on any atom is -0.314 e. The molecule has 0 radical (unpaired) electrons. The van der Waals surface area contributed by atoms with Crippen molar-refractivity contribution in [2.24, 2.45) is 0 Å². The first kappa shape index (κ1) is 15.3. The van der Waals surface area contributed by atoms with Crippen LogP contribution < -0.4 is 5.32 Å². The summed E-state index contributed by atoms with van der Waals surface area (Å²) in [5.41, 5.74) is 0. The zero-order chi connectivity index (χ0) is 13.8. The lowest BCUT2D eigenvalue weighted by molar-refractivity contribution is 0.0998. The van der Waals surface area contributed by atoms with E-state index in [1.807, 2.05) is 0 Å². The second-order valence-electron chi connectivity index (χ2n) is 6.82. The summed E-state index contributed by atoms with van der Waals surface area (Å²) < 4.78 is 0. The molecule has 2 heterocycles. The maximum absolute atomic E-state index is 3.74. The van der Waals surface area contributed by atoms with Crippen LogP contribution in [0.25, 0.3) is 0 Å². The molecule has 112 valence electrons. The Morgan fingerprint density at radius 1 is 1.21 bits per heavy atom. The van der Waals surface area contributed by atoms with E-state index in [0.717, 1.165) is 18.1 Å². The first-order chi connectivity index (χ1) is 9.11. The van der Waals surface area contributed by atoms with Crippen molar-refractivity contribution in [3.63, 3.8) is 0 Å². The van der Waals surface area contributed by atoms with Gasteiger partial charge in [-0.2, -0.15) is 0 Å². The highest BCUT2D eigenvalue weighted by molar-refractivity contribution is 4.97. The van der Waals surface area contributed by atoms with Gasteiger partial charge in [0.05, 0.1) is 0 Å². The SMILES string of the molecule is CCCNC1CC2CCC(C1)N2CCN(C)C(C)C. The summed E-state index contributed by atoms with van der Waals surface area (Å²) in [7, 11) is 2.25. The van der Waals surface area contributed by atoms with Crippen molar-refractivity contribution < 1.29 is 0 Å². The van der Waals surface area contributed by atoms with Crippen molar-refractivity contribution >= 4 is 0 Å². The van der Waals surface area contributed by atoms with Gasteiger partial charge in [0.2, 0.25) is 0 Å². The zero-order valence-electron chi connectivity index (χ0n) is 13.4. The topological polar surface area (TPSA) is 18.5 Å². The molecule has 1 N–H and O–H groups in total. The molecule has 0 aromatic heterocycles. The molecule has 2 saturated heterocycles. The normalized spacial score (nSPS) is 31.6. The van der Waals surface area contributed by atoms with E-state index in [0.29, 0.717) is 6.04 Å². The molecule has 0 spiro atoms. The third-order valence-corrected chi connectivity index (χ3v) is 5.16. The van der Waals surface area contributed by atoms with Crippen molar-refractivity contribution in [3.8, 4) is 0 Å². The molecule has 2 unspecified atom stereocenters. The highest BCUT2D eigenvalue weighted by Gasteiger charge is 2.40. The fourth-order valence-electron chi connectivity index (χ4n) is 3.69. The Hall–Kier alpha value is -0.120. The molecule has 0 saturated carbocycles. The van der Waals surface area contributed by atoms with Gasteiger partial charge in [0, 0.05) is 37.3 Å². The third kappa shape index (κ3) is 3.93. The number of hydrogen-bond donors (Lipinski definition) is 1. The van der Waals surface area contributed by atoms with E-state index < -0.39 is 0 Å². The van der Waals surface area contributed by atoms with E-state index in [2.05, 4.69) is 42.9 Å². The van der Waals surface area contributed by atoms with Gasteiger partial charge < -0.3 is 10.2 Å². The largest absolute Gasteiger partial charge is 0.314 e.